The summed E-state index contributed by atoms with van der Waals surface area (Å²) in [5.41, 5.74) is 0.707. The molecule has 0 saturated carbocycles. The first-order valence-corrected chi connectivity index (χ1v) is 8.98. The number of nitrogens with zero attached hydrogens (tertiary/aromatic N) is 3. The summed E-state index contributed by atoms with van der Waals surface area (Å²) in [6, 6.07) is 13.7. The van der Waals surface area contributed by atoms with Crippen LogP contribution in [0.15, 0.2) is 65.7 Å². The van der Waals surface area contributed by atoms with E-state index in [0.717, 1.165) is 5.56 Å². The molecule has 4 rings (SSSR count). The molecule has 8 nitrogen and oxygen atoms in total. The first-order valence-electron chi connectivity index (χ1n) is 8.98. The lowest BCUT2D eigenvalue weighted by Crippen LogP contribution is -2.35. The maximum atomic E-state index is 13.0. The lowest BCUT2D eigenvalue weighted by atomic mass is 10.1. The van der Waals surface area contributed by atoms with Crippen molar-refractivity contribution in [1.29, 1.82) is 0 Å². The molecule has 2 aromatic carbocycles. The Kier molecular flexibility index (Phi) is 4.82. The number of para-hydroxylation sites is 1. The fraction of sp³-hybridized carbons (Fsp3) is 0.143. The van der Waals surface area contributed by atoms with Gasteiger partial charge in [0.25, 0.3) is 5.91 Å². The second kappa shape index (κ2) is 7.59. The normalized spacial score (nSPS) is 11.9. The van der Waals surface area contributed by atoms with Gasteiger partial charge >= 0.3 is 0 Å². The summed E-state index contributed by atoms with van der Waals surface area (Å²) in [5.74, 6) is 0.675. The molecule has 1 atom stereocenters. The smallest absolute Gasteiger partial charge is 0.276 e. The van der Waals surface area contributed by atoms with E-state index in [1.54, 1.807) is 43.8 Å². The van der Waals surface area contributed by atoms with Gasteiger partial charge in [0.05, 0.1) is 12.6 Å². The Labute approximate surface area is 166 Å². The van der Waals surface area contributed by atoms with Gasteiger partial charge in [-0.15, -0.1) is 0 Å². The molecule has 8 heteroatoms. The Morgan fingerprint density at radius 2 is 2.03 bits per heavy atom. The largest absolute Gasteiger partial charge is 0.497 e. The highest BCUT2D eigenvalue weighted by atomic mass is 16.5. The number of nitrogens with one attached hydrogen (secondary N) is 2. The number of aryl methyl sites for hydroxylation is 1. The van der Waals surface area contributed by atoms with E-state index in [9.17, 15) is 9.59 Å². The minimum atomic E-state index is -0.592. The molecular formula is C21H19N5O3. The van der Waals surface area contributed by atoms with Gasteiger partial charge in [0.1, 0.15) is 17.6 Å². The zero-order valence-corrected chi connectivity index (χ0v) is 15.9. The van der Waals surface area contributed by atoms with Crippen LogP contribution in [-0.4, -0.2) is 32.8 Å². The topological polar surface area (TPSA) is 102 Å². The van der Waals surface area contributed by atoms with E-state index in [2.05, 4.69) is 20.5 Å². The van der Waals surface area contributed by atoms with Crippen molar-refractivity contribution in [2.45, 2.75) is 6.04 Å². The minimum Gasteiger partial charge on any atom is -0.497 e. The predicted octanol–water partition coefficient (Wildman–Crippen LogP) is 2.18. The molecule has 0 bridgehead atoms. The highest BCUT2D eigenvalue weighted by Gasteiger charge is 2.24. The van der Waals surface area contributed by atoms with Gasteiger partial charge in [-0.2, -0.15) is 5.10 Å². The maximum Gasteiger partial charge on any atom is 0.276 e. The van der Waals surface area contributed by atoms with Gasteiger partial charge in [0, 0.05) is 24.8 Å². The van der Waals surface area contributed by atoms with Gasteiger partial charge in [-0.05, 0) is 29.8 Å². The average molecular weight is 389 g/mol. The van der Waals surface area contributed by atoms with Crippen molar-refractivity contribution in [3.05, 3.63) is 88.2 Å². The SMILES string of the molecule is COc1cccc(C(NC(=O)c2n[nH]c3ccccc3c2=O)c2nccn2C)c1. The molecule has 0 aliphatic rings. The van der Waals surface area contributed by atoms with Crippen molar-refractivity contribution >= 4 is 16.8 Å². The standard InChI is InChI=1S/C21H19N5O3/c1-26-11-10-22-20(26)17(13-6-5-7-14(12-13)29-2)23-21(28)18-19(27)15-8-3-4-9-16(15)24-25-18/h3-12,17H,1-2H3,(H,23,28)(H,24,27). The summed E-state index contributed by atoms with van der Waals surface area (Å²) in [4.78, 5) is 30.1. The molecule has 146 valence electrons. The van der Waals surface area contributed by atoms with Crippen molar-refractivity contribution in [3.63, 3.8) is 0 Å². The van der Waals surface area contributed by atoms with Gasteiger partial charge in [-0.1, -0.05) is 24.3 Å². The number of ether oxygens (including phenoxy) is 1. The van der Waals surface area contributed by atoms with Gasteiger partial charge in [-0.3, -0.25) is 14.7 Å². The van der Waals surface area contributed by atoms with E-state index in [0.29, 0.717) is 22.5 Å². The van der Waals surface area contributed by atoms with E-state index in [-0.39, 0.29) is 5.69 Å². The zero-order valence-electron chi connectivity index (χ0n) is 15.9. The number of rotatable bonds is 5. The Balaban J connectivity index is 1.75. The molecule has 1 amide bonds. The lowest BCUT2D eigenvalue weighted by Gasteiger charge is -2.19. The molecule has 1 unspecified atom stereocenters. The molecule has 29 heavy (non-hydrogen) atoms. The number of methoxy groups -OCH3 is 1. The number of benzene rings is 2. The third-order valence-electron chi connectivity index (χ3n) is 4.71. The Bertz CT molecular complexity index is 1240. The summed E-state index contributed by atoms with van der Waals surface area (Å²) in [5, 5.41) is 10.1. The molecule has 4 aromatic rings. The second-order valence-electron chi connectivity index (χ2n) is 6.53. The van der Waals surface area contributed by atoms with Crippen LogP contribution in [0.5, 0.6) is 5.75 Å². The number of imidazole rings is 1. The fourth-order valence-electron chi connectivity index (χ4n) is 3.20. The quantitative estimate of drug-likeness (QED) is 0.545. The first kappa shape index (κ1) is 18.4. The van der Waals surface area contributed by atoms with E-state index in [1.807, 2.05) is 35.9 Å². The maximum absolute atomic E-state index is 13.0. The molecule has 2 heterocycles. The van der Waals surface area contributed by atoms with Crippen LogP contribution in [0.1, 0.15) is 27.9 Å². The minimum absolute atomic E-state index is 0.203. The number of hydrogen-bond donors (Lipinski definition) is 2. The van der Waals surface area contributed by atoms with Crippen LogP contribution < -0.4 is 15.5 Å². The summed E-state index contributed by atoms with van der Waals surface area (Å²) in [7, 11) is 3.41. The van der Waals surface area contributed by atoms with Crippen molar-refractivity contribution < 1.29 is 9.53 Å². The Morgan fingerprint density at radius 3 is 2.79 bits per heavy atom. The Morgan fingerprint density at radius 1 is 1.21 bits per heavy atom. The highest BCUT2D eigenvalue weighted by Crippen LogP contribution is 2.24. The lowest BCUT2D eigenvalue weighted by molar-refractivity contribution is 0.0934. The van der Waals surface area contributed by atoms with Gasteiger partial charge in [-0.25, -0.2) is 4.98 Å². The predicted molar refractivity (Wildman–Crippen MR) is 108 cm³/mol. The average Bonchev–Trinajstić information content (AvgIpc) is 3.18. The number of amides is 1. The van der Waals surface area contributed by atoms with Crippen LogP contribution in [-0.2, 0) is 7.05 Å². The van der Waals surface area contributed by atoms with E-state index >= 15 is 0 Å². The van der Waals surface area contributed by atoms with E-state index in [1.165, 1.54) is 0 Å². The number of aromatic nitrogens is 4. The molecular weight excluding hydrogens is 370 g/mol. The number of fused-ring (bicyclic) bond motifs is 1. The molecule has 2 N–H and O–H groups in total. The summed E-state index contributed by atoms with van der Waals surface area (Å²) >= 11 is 0. The van der Waals surface area contributed by atoms with Crippen LogP contribution in [0, 0.1) is 0 Å². The molecule has 0 aliphatic carbocycles. The first-order chi connectivity index (χ1) is 14.1. The van der Waals surface area contributed by atoms with Gasteiger partial charge < -0.3 is 14.6 Å². The summed E-state index contributed by atoms with van der Waals surface area (Å²) in [6.45, 7) is 0. The molecule has 0 radical (unpaired) electrons. The monoisotopic (exact) mass is 389 g/mol. The molecule has 0 spiro atoms. The summed E-state index contributed by atoms with van der Waals surface area (Å²) < 4.78 is 7.11. The third-order valence-corrected chi connectivity index (χ3v) is 4.71. The van der Waals surface area contributed by atoms with E-state index < -0.39 is 17.4 Å². The van der Waals surface area contributed by atoms with Crippen LogP contribution >= 0.6 is 0 Å². The zero-order chi connectivity index (χ0) is 20.4. The summed E-state index contributed by atoms with van der Waals surface area (Å²) in [6.07, 6.45) is 3.44. The van der Waals surface area contributed by atoms with Crippen LogP contribution in [0.4, 0.5) is 0 Å². The number of carbonyl (C=O) groups excluding carboxylic acids is 1. The van der Waals surface area contributed by atoms with Gasteiger partial charge in [0.15, 0.2) is 5.69 Å². The van der Waals surface area contributed by atoms with Crippen LogP contribution in [0.2, 0.25) is 0 Å². The molecule has 0 saturated heterocycles. The van der Waals surface area contributed by atoms with E-state index in [4.69, 9.17) is 4.74 Å². The molecule has 0 fully saturated rings. The van der Waals surface area contributed by atoms with Crippen molar-refractivity contribution in [3.8, 4) is 5.75 Å². The highest BCUT2D eigenvalue weighted by molar-refractivity contribution is 5.95. The number of H-pyrrole nitrogens is 1. The van der Waals surface area contributed by atoms with Crippen molar-refractivity contribution in [2.24, 2.45) is 7.05 Å². The fourth-order valence-corrected chi connectivity index (χ4v) is 3.20. The molecule has 0 aliphatic heterocycles. The second-order valence-corrected chi connectivity index (χ2v) is 6.53. The number of hydrogen-bond acceptors (Lipinski definition) is 5. The molecule has 2 aromatic heterocycles. The number of aromatic amines is 1. The van der Waals surface area contributed by atoms with Gasteiger partial charge in [0.2, 0.25) is 5.43 Å². The van der Waals surface area contributed by atoms with Crippen LogP contribution in [0.25, 0.3) is 10.9 Å². The number of carbonyl (C=O) groups is 1. The van der Waals surface area contributed by atoms with Crippen molar-refractivity contribution in [2.75, 3.05) is 7.11 Å². The Hall–Kier alpha value is -3.94. The van der Waals surface area contributed by atoms with Crippen LogP contribution in [0.3, 0.4) is 0 Å². The van der Waals surface area contributed by atoms with Crippen molar-refractivity contribution in [1.82, 2.24) is 25.1 Å². The third kappa shape index (κ3) is 3.47.